The molecule has 0 aliphatic carbocycles. The molecule has 0 radical (unpaired) electrons. The van der Waals surface area contributed by atoms with Crippen molar-refractivity contribution in [2.24, 2.45) is 5.10 Å². The van der Waals surface area contributed by atoms with Crippen LogP contribution < -0.4 is 10.2 Å². The van der Waals surface area contributed by atoms with Crippen molar-refractivity contribution in [2.75, 3.05) is 12.5 Å². The minimum Gasteiger partial charge on any atom is -0.497 e. The number of aryl methyl sites for hydroxylation is 3. The fraction of sp³-hybridized carbons (Fsp3) is 0.222. The first-order valence-electron chi connectivity index (χ1n) is 7.87. The van der Waals surface area contributed by atoms with E-state index in [9.17, 15) is 0 Å². The lowest BCUT2D eigenvalue weighted by Gasteiger charge is -2.07. The Labute approximate surface area is 146 Å². The van der Waals surface area contributed by atoms with E-state index in [1.807, 2.05) is 57.2 Å². The van der Waals surface area contributed by atoms with Crippen molar-refractivity contribution in [2.45, 2.75) is 20.8 Å². The number of hydrogen-bond donors (Lipinski definition) is 1. The molecule has 3 aromatic rings. The normalized spacial score (nSPS) is 11.0. The van der Waals surface area contributed by atoms with Gasteiger partial charge in [-0.1, -0.05) is 0 Å². The van der Waals surface area contributed by atoms with Gasteiger partial charge < -0.3 is 4.74 Å². The summed E-state index contributed by atoms with van der Waals surface area (Å²) in [4.78, 5) is 8.80. The summed E-state index contributed by atoms with van der Waals surface area (Å²) in [6, 6.07) is 11.4. The van der Waals surface area contributed by atoms with Gasteiger partial charge in [0.2, 0.25) is 0 Å². The fourth-order valence-electron chi connectivity index (χ4n) is 2.44. The molecule has 0 saturated carbocycles. The Bertz CT molecular complexity index is 898. The van der Waals surface area contributed by atoms with Crippen molar-refractivity contribution < 1.29 is 4.74 Å². The highest BCUT2D eigenvalue weighted by Crippen LogP contribution is 2.14. The van der Waals surface area contributed by atoms with E-state index in [4.69, 9.17) is 4.74 Å². The number of nitrogens with one attached hydrogen (secondary N) is 1. The van der Waals surface area contributed by atoms with Crippen LogP contribution in [0.2, 0.25) is 0 Å². The lowest BCUT2D eigenvalue weighted by Crippen LogP contribution is -2.06. The molecule has 7 nitrogen and oxygen atoms in total. The van der Waals surface area contributed by atoms with Crippen LogP contribution in [0.25, 0.3) is 5.82 Å². The maximum atomic E-state index is 5.14. The van der Waals surface area contributed by atoms with E-state index >= 15 is 0 Å². The van der Waals surface area contributed by atoms with Crippen molar-refractivity contribution in [3.8, 4) is 11.6 Å². The highest BCUT2D eigenvalue weighted by Gasteiger charge is 2.08. The van der Waals surface area contributed by atoms with Crippen LogP contribution in [-0.2, 0) is 0 Å². The maximum Gasteiger partial charge on any atom is 0.159 e. The van der Waals surface area contributed by atoms with Gasteiger partial charge >= 0.3 is 0 Å². The summed E-state index contributed by atoms with van der Waals surface area (Å²) in [6.45, 7) is 5.79. The molecule has 1 aromatic carbocycles. The van der Waals surface area contributed by atoms with Crippen LogP contribution >= 0.6 is 0 Å². The second kappa shape index (κ2) is 7.12. The highest BCUT2D eigenvalue weighted by atomic mass is 16.5. The number of ether oxygens (including phenoxy) is 1. The molecule has 0 unspecified atom stereocenters. The van der Waals surface area contributed by atoms with Gasteiger partial charge in [-0.15, -0.1) is 0 Å². The Morgan fingerprint density at radius 2 is 1.84 bits per heavy atom. The lowest BCUT2D eigenvalue weighted by molar-refractivity contribution is 0.415. The standard InChI is InChI=1S/C18H20N6O/c1-12-9-13(2)24(23-12)18-10-17(20-14(3)21-18)22-19-11-15-5-7-16(25-4)8-6-15/h5-11H,1-4H3,(H,20,21,22)/b19-11-. The van der Waals surface area contributed by atoms with Crippen molar-refractivity contribution >= 4 is 12.0 Å². The highest BCUT2D eigenvalue weighted by molar-refractivity contribution is 5.80. The van der Waals surface area contributed by atoms with Gasteiger partial charge in [0.25, 0.3) is 0 Å². The molecule has 0 spiro atoms. The molecule has 128 valence electrons. The summed E-state index contributed by atoms with van der Waals surface area (Å²) in [5.41, 5.74) is 5.86. The van der Waals surface area contributed by atoms with Crippen LogP contribution in [0.1, 0.15) is 22.8 Å². The predicted molar refractivity (Wildman–Crippen MR) is 97.6 cm³/mol. The number of hydrogen-bond acceptors (Lipinski definition) is 6. The molecule has 0 bridgehead atoms. The summed E-state index contributed by atoms with van der Waals surface area (Å²) in [5.74, 6) is 2.78. The summed E-state index contributed by atoms with van der Waals surface area (Å²) in [5, 5.41) is 8.69. The first-order valence-corrected chi connectivity index (χ1v) is 7.87. The number of anilines is 1. The molecular weight excluding hydrogens is 316 g/mol. The van der Waals surface area contributed by atoms with Crippen molar-refractivity contribution in [1.29, 1.82) is 0 Å². The van der Waals surface area contributed by atoms with Gasteiger partial charge in [-0.25, -0.2) is 14.6 Å². The quantitative estimate of drug-likeness (QED) is 0.572. The fourth-order valence-corrected chi connectivity index (χ4v) is 2.44. The Hall–Kier alpha value is -3.22. The third-order valence-electron chi connectivity index (χ3n) is 3.56. The molecule has 1 N–H and O–H groups in total. The third-order valence-corrected chi connectivity index (χ3v) is 3.56. The van der Waals surface area contributed by atoms with E-state index in [2.05, 4.69) is 25.6 Å². The van der Waals surface area contributed by atoms with Gasteiger partial charge in [0, 0.05) is 11.8 Å². The Balaban J connectivity index is 1.78. The molecular formula is C18H20N6O. The molecule has 25 heavy (non-hydrogen) atoms. The Morgan fingerprint density at radius 1 is 1.08 bits per heavy atom. The SMILES string of the molecule is COc1ccc(/C=N\Nc2cc(-n3nc(C)cc3C)nc(C)n2)cc1. The van der Waals surface area contributed by atoms with Gasteiger partial charge in [-0.05, 0) is 56.7 Å². The zero-order valence-electron chi connectivity index (χ0n) is 14.7. The van der Waals surface area contributed by atoms with E-state index in [0.717, 1.165) is 22.7 Å². The average molecular weight is 336 g/mol. The van der Waals surface area contributed by atoms with E-state index in [1.165, 1.54) is 0 Å². The van der Waals surface area contributed by atoms with Crippen LogP contribution in [0, 0.1) is 20.8 Å². The van der Waals surface area contributed by atoms with Crippen LogP contribution in [0.3, 0.4) is 0 Å². The van der Waals surface area contributed by atoms with Crippen molar-refractivity contribution in [3.05, 3.63) is 59.2 Å². The molecule has 0 atom stereocenters. The number of methoxy groups -OCH3 is 1. The number of aromatic nitrogens is 4. The Kier molecular flexibility index (Phi) is 4.74. The summed E-state index contributed by atoms with van der Waals surface area (Å²) in [7, 11) is 1.64. The molecule has 0 fully saturated rings. The Morgan fingerprint density at radius 3 is 2.48 bits per heavy atom. The van der Waals surface area contributed by atoms with Crippen molar-refractivity contribution in [1.82, 2.24) is 19.7 Å². The topological polar surface area (TPSA) is 77.2 Å². The lowest BCUT2D eigenvalue weighted by atomic mass is 10.2. The number of nitrogens with zero attached hydrogens (tertiary/aromatic N) is 5. The van der Waals surface area contributed by atoms with Crippen LogP contribution in [0.5, 0.6) is 5.75 Å². The third kappa shape index (κ3) is 4.00. The molecule has 7 heteroatoms. The van der Waals surface area contributed by atoms with E-state index in [1.54, 1.807) is 18.0 Å². The first-order chi connectivity index (χ1) is 12.0. The zero-order chi connectivity index (χ0) is 17.8. The minimum atomic E-state index is 0.611. The largest absolute Gasteiger partial charge is 0.497 e. The van der Waals surface area contributed by atoms with Gasteiger partial charge in [-0.2, -0.15) is 10.2 Å². The van der Waals surface area contributed by atoms with E-state index < -0.39 is 0 Å². The smallest absolute Gasteiger partial charge is 0.159 e. The van der Waals surface area contributed by atoms with Crippen LogP contribution in [-0.4, -0.2) is 33.1 Å². The molecule has 2 aromatic heterocycles. The monoisotopic (exact) mass is 336 g/mol. The van der Waals surface area contributed by atoms with Gasteiger partial charge in [0.15, 0.2) is 11.6 Å². The average Bonchev–Trinajstić information content (AvgIpc) is 2.93. The molecule has 0 saturated heterocycles. The number of benzene rings is 1. The van der Waals surface area contributed by atoms with E-state index in [-0.39, 0.29) is 0 Å². The number of rotatable bonds is 5. The minimum absolute atomic E-state index is 0.611. The molecule has 3 rings (SSSR count). The van der Waals surface area contributed by atoms with Crippen molar-refractivity contribution in [3.63, 3.8) is 0 Å². The summed E-state index contributed by atoms with van der Waals surface area (Å²) < 4.78 is 6.93. The summed E-state index contributed by atoms with van der Waals surface area (Å²) in [6.07, 6.45) is 1.72. The molecule has 0 aliphatic heterocycles. The molecule has 0 amide bonds. The van der Waals surface area contributed by atoms with Gasteiger partial charge in [0.05, 0.1) is 19.0 Å². The van der Waals surface area contributed by atoms with Crippen LogP contribution in [0.4, 0.5) is 5.82 Å². The molecule has 2 heterocycles. The van der Waals surface area contributed by atoms with E-state index in [0.29, 0.717) is 17.5 Å². The first kappa shape index (κ1) is 16.6. The van der Waals surface area contributed by atoms with Crippen LogP contribution in [0.15, 0.2) is 41.5 Å². The maximum absolute atomic E-state index is 5.14. The molecule has 0 aliphatic rings. The predicted octanol–water partition coefficient (Wildman–Crippen LogP) is 3.04. The number of hydrazone groups is 1. The second-order valence-corrected chi connectivity index (χ2v) is 5.64. The summed E-state index contributed by atoms with van der Waals surface area (Å²) >= 11 is 0. The van der Waals surface area contributed by atoms with Gasteiger partial charge in [-0.3, -0.25) is 5.43 Å². The second-order valence-electron chi connectivity index (χ2n) is 5.64. The van der Waals surface area contributed by atoms with Gasteiger partial charge in [0.1, 0.15) is 11.6 Å². The zero-order valence-corrected chi connectivity index (χ0v) is 14.7.